The first-order valence-corrected chi connectivity index (χ1v) is 5.92. The van der Waals surface area contributed by atoms with Crippen LogP contribution in [0.5, 0.6) is 11.5 Å². The number of esters is 2. The van der Waals surface area contributed by atoms with E-state index in [4.69, 9.17) is 14.4 Å². The van der Waals surface area contributed by atoms with Gasteiger partial charge in [0.2, 0.25) is 0 Å². The van der Waals surface area contributed by atoms with Crippen LogP contribution in [0.15, 0.2) is 12.1 Å². The number of benzene rings is 1. The zero-order valence-electron chi connectivity index (χ0n) is 11.1. The highest BCUT2D eigenvalue weighted by atomic mass is 17.2. The van der Waals surface area contributed by atoms with Crippen LogP contribution in [0.4, 0.5) is 0 Å². The van der Waals surface area contributed by atoms with Crippen LogP contribution in [0.2, 0.25) is 0 Å². The fourth-order valence-corrected chi connectivity index (χ4v) is 1.71. The number of aldehydes is 1. The maximum atomic E-state index is 11.6. The predicted octanol–water partition coefficient (Wildman–Crippen LogP) is 0.418. The number of ether oxygens (including phenoxy) is 3. The Bertz CT molecular complexity index is 566. The van der Waals surface area contributed by atoms with Gasteiger partial charge in [0.15, 0.2) is 18.1 Å². The molecule has 1 heterocycles. The van der Waals surface area contributed by atoms with Gasteiger partial charge in [0.1, 0.15) is 19.5 Å². The molecular formula is C13H12O8. The summed E-state index contributed by atoms with van der Waals surface area (Å²) >= 11 is 0. The average molecular weight is 296 g/mol. The summed E-state index contributed by atoms with van der Waals surface area (Å²) in [6.07, 6.45) is 0.526. The van der Waals surface area contributed by atoms with Crippen molar-refractivity contribution in [1.82, 2.24) is 0 Å². The molecule has 0 atom stereocenters. The van der Waals surface area contributed by atoms with Crippen molar-refractivity contribution in [3.8, 4) is 11.5 Å². The third-order valence-corrected chi connectivity index (χ3v) is 2.54. The molecule has 0 N–H and O–H groups in total. The van der Waals surface area contributed by atoms with Crippen LogP contribution in [-0.2, 0) is 30.7 Å². The van der Waals surface area contributed by atoms with Crippen LogP contribution in [0.1, 0.15) is 15.9 Å². The molecule has 8 heteroatoms. The summed E-state index contributed by atoms with van der Waals surface area (Å²) in [5.74, 6) is -0.803. The Kier molecular flexibility index (Phi) is 4.85. The van der Waals surface area contributed by atoms with Crippen molar-refractivity contribution in [3.63, 3.8) is 0 Å². The van der Waals surface area contributed by atoms with E-state index in [-0.39, 0.29) is 36.9 Å². The molecule has 0 aliphatic carbocycles. The monoisotopic (exact) mass is 296 g/mol. The third kappa shape index (κ3) is 3.56. The van der Waals surface area contributed by atoms with Crippen molar-refractivity contribution in [1.29, 1.82) is 0 Å². The molecule has 0 radical (unpaired) electrons. The van der Waals surface area contributed by atoms with E-state index in [1.807, 2.05) is 0 Å². The molecule has 1 aromatic carbocycles. The van der Waals surface area contributed by atoms with Gasteiger partial charge in [-0.2, -0.15) is 0 Å². The molecule has 0 fully saturated rings. The number of fused-ring (bicyclic) bond motifs is 1. The second-order valence-corrected chi connectivity index (χ2v) is 3.93. The summed E-state index contributed by atoms with van der Waals surface area (Å²) in [5, 5.41) is 0. The Hall–Kier alpha value is -2.45. The van der Waals surface area contributed by atoms with Gasteiger partial charge in [-0.1, -0.05) is 0 Å². The van der Waals surface area contributed by atoms with Crippen molar-refractivity contribution in [2.24, 2.45) is 0 Å². The van der Waals surface area contributed by atoms with Crippen LogP contribution >= 0.6 is 0 Å². The molecule has 0 unspecified atom stereocenters. The highest BCUT2D eigenvalue weighted by molar-refractivity contribution is 5.91. The Morgan fingerprint density at radius 3 is 2.90 bits per heavy atom. The molecule has 2 rings (SSSR count). The lowest BCUT2D eigenvalue weighted by molar-refractivity contribution is -0.296. The number of rotatable bonds is 6. The fraction of sp³-hybridized carbons (Fsp3) is 0.308. The van der Waals surface area contributed by atoms with E-state index in [1.165, 1.54) is 19.2 Å². The SMILES string of the molecule is COC(=O)c1cc(COOCC=O)c2c(c1)OC(=O)CO2. The van der Waals surface area contributed by atoms with Crippen LogP contribution in [0, 0.1) is 0 Å². The minimum absolute atomic E-state index is 0.0987. The molecule has 1 aromatic rings. The van der Waals surface area contributed by atoms with Crippen molar-refractivity contribution >= 4 is 18.2 Å². The third-order valence-electron chi connectivity index (χ3n) is 2.54. The normalized spacial score (nSPS) is 12.9. The van der Waals surface area contributed by atoms with Gasteiger partial charge >= 0.3 is 11.9 Å². The minimum Gasteiger partial charge on any atom is -0.478 e. The van der Waals surface area contributed by atoms with E-state index in [0.29, 0.717) is 11.8 Å². The Morgan fingerprint density at radius 1 is 1.38 bits per heavy atom. The second-order valence-electron chi connectivity index (χ2n) is 3.93. The Balaban J connectivity index is 2.27. The standard InChI is InChI=1S/C13H12O8/c1-17-13(16)8-4-9(6-20-19-3-2-14)12-10(5-8)21-11(15)7-18-12/h2,4-5H,3,6-7H2,1H3. The molecule has 8 nitrogen and oxygen atoms in total. The van der Waals surface area contributed by atoms with Gasteiger partial charge in [0, 0.05) is 5.56 Å². The highest BCUT2D eigenvalue weighted by Gasteiger charge is 2.24. The fourth-order valence-electron chi connectivity index (χ4n) is 1.71. The van der Waals surface area contributed by atoms with E-state index in [2.05, 4.69) is 9.62 Å². The van der Waals surface area contributed by atoms with Gasteiger partial charge in [-0.3, -0.25) is 0 Å². The molecular weight excluding hydrogens is 284 g/mol. The lowest BCUT2D eigenvalue weighted by Crippen LogP contribution is -2.24. The predicted molar refractivity (Wildman–Crippen MR) is 65.7 cm³/mol. The molecule has 0 saturated carbocycles. The summed E-state index contributed by atoms with van der Waals surface area (Å²) in [7, 11) is 1.23. The number of hydrogen-bond acceptors (Lipinski definition) is 8. The molecule has 1 aliphatic heterocycles. The zero-order chi connectivity index (χ0) is 15.2. The molecule has 1 aliphatic rings. The van der Waals surface area contributed by atoms with Gasteiger partial charge in [0.25, 0.3) is 0 Å². The van der Waals surface area contributed by atoms with Crippen molar-refractivity contribution in [2.75, 3.05) is 20.3 Å². The highest BCUT2D eigenvalue weighted by Crippen LogP contribution is 2.36. The van der Waals surface area contributed by atoms with E-state index in [1.54, 1.807) is 0 Å². The van der Waals surface area contributed by atoms with E-state index in [9.17, 15) is 14.4 Å². The summed E-state index contributed by atoms with van der Waals surface area (Å²) in [6.45, 7) is -0.569. The maximum Gasteiger partial charge on any atom is 0.349 e. The smallest absolute Gasteiger partial charge is 0.349 e. The summed E-state index contributed by atoms with van der Waals surface area (Å²) < 4.78 is 14.9. The first kappa shape index (κ1) is 14.9. The largest absolute Gasteiger partial charge is 0.478 e. The number of hydrogen-bond donors (Lipinski definition) is 0. The Labute approximate surface area is 119 Å². The van der Waals surface area contributed by atoms with Crippen molar-refractivity contribution in [3.05, 3.63) is 23.3 Å². The van der Waals surface area contributed by atoms with E-state index in [0.717, 1.165) is 0 Å². The van der Waals surface area contributed by atoms with Gasteiger partial charge in [-0.05, 0) is 12.1 Å². The molecule has 0 amide bonds. The lowest BCUT2D eigenvalue weighted by atomic mass is 10.1. The molecule has 0 saturated heterocycles. The van der Waals surface area contributed by atoms with Gasteiger partial charge in [-0.25, -0.2) is 19.4 Å². The summed E-state index contributed by atoms with van der Waals surface area (Å²) in [5.41, 5.74) is 0.592. The van der Waals surface area contributed by atoms with E-state index < -0.39 is 11.9 Å². The molecule has 112 valence electrons. The van der Waals surface area contributed by atoms with Gasteiger partial charge in [0.05, 0.1) is 12.7 Å². The molecule has 0 spiro atoms. The molecule has 0 aromatic heterocycles. The maximum absolute atomic E-state index is 11.6. The first-order valence-electron chi connectivity index (χ1n) is 5.92. The van der Waals surface area contributed by atoms with Crippen LogP contribution in [0.3, 0.4) is 0 Å². The Morgan fingerprint density at radius 2 is 2.19 bits per heavy atom. The van der Waals surface area contributed by atoms with Crippen molar-refractivity contribution in [2.45, 2.75) is 6.61 Å². The number of carbonyl (C=O) groups excluding carboxylic acids is 3. The topological polar surface area (TPSA) is 97.4 Å². The number of methoxy groups -OCH3 is 1. The van der Waals surface area contributed by atoms with Gasteiger partial charge < -0.3 is 19.0 Å². The van der Waals surface area contributed by atoms with Crippen LogP contribution in [0.25, 0.3) is 0 Å². The van der Waals surface area contributed by atoms with Crippen LogP contribution in [-0.4, -0.2) is 38.5 Å². The van der Waals surface area contributed by atoms with Crippen LogP contribution < -0.4 is 9.47 Å². The summed E-state index contributed by atoms with van der Waals surface area (Å²) in [4.78, 5) is 42.3. The number of carbonyl (C=O) groups is 3. The van der Waals surface area contributed by atoms with Crippen molar-refractivity contribution < 1.29 is 38.4 Å². The lowest BCUT2D eigenvalue weighted by Gasteiger charge is -2.20. The summed E-state index contributed by atoms with van der Waals surface area (Å²) in [6, 6.07) is 2.81. The minimum atomic E-state index is -0.602. The average Bonchev–Trinajstić information content (AvgIpc) is 2.49. The van der Waals surface area contributed by atoms with Gasteiger partial charge in [-0.15, -0.1) is 0 Å². The first-order chi connectivity index (χ1) is 10.2. The molecule has 0 bridgehead atoms. The second kappa shape index (κ2) is 6.82. The van der Waals surface area contributed by atoms with E-state index >= 15 is 0 Å². The quantitative estimate of drug-likeness (QED) is 0.186. The zero-order valence-corrected chi connectivity index (χ0v) is 11.1. The molecule has 21 heavy (non-hydrogen) atoms.